The molecule has 1 aliphatic carbocycles. The van der Waals surface area contributed by atoms with Gasteiger partial charge in [0.25, 0.3) is 0 Å². The van der Waals surface area contributed by atoms with Crippen LogP contribution in [0.3, 0.4) is 0 Å². The fraction of sp³-hybridized carbons (Fsp3) is 0.769. The molecule has 1 N–H and O–H groups in total. The predicted molar refractivity (Wildman–Crippen MR) is 67.7 cm³/mol. The standard InChI is InChI=1S/C13H23N3/c1-3-11-5-7-12(8-6-11)16-10-9-15-13(16)14-4-2/h9-12H,3-8H2,1-2H3,(H,14,15). The molecule has 16 heavy (non-hydrogen) atoms. The summed E-state index contributed by atoms with van der Waals surface area (Å²) in [5, 5.41) is 3.33. The number of hydrogen-bond acceptors (Lipinski definition) is 2. The van der Waals surface area contributed by atoms with Gasteiger partial charge in [-0.15, -0.1) is 0 Å². The van der Waals surface area contributed by atoms with Crippen LogP contribution in [0, 0.1) is 5.92 Å². The molecular formula is C13H23N3. The Morgan fingerprint density at radius 1 is 1.31 bits per heavy atom. The van der Waals surface area contributed by atoms with Crippen molar-refractivity contribution >= 4 is 5.95 Å². The van der Waals surface area contributed by atoms with E-state index in [1.807, 2.05) is 6.20 Å². The summed E-state index contributed by atoms with van der Waals surface area (Å²) in [5.41, 5.74) is 0. The molecule has 0 aromatic carbocycles. The van der Waals surface area contributed by atoms with E-state index >= 15 is 0 Å². The molecule has 1 saturated carbocycles. The van der Waals surface area contributed by atoms with E-state index < -0.39 is 0 Å². The van der Waals surface area contributed by atoms with Gasteiger partial charge in [-0.2, -0.15) is 0 Å². The van der Waals surface area contributed by atoms with E-state index in [2.05, 4.69) is 34.9 Å². The van der Waals surface area contributed by atoms with E-state index in [-0.39, 0.29) is 0 Å². The van der Waals surface area contributed by atoms with Gasteiger partial charge in [0.05, 0.1) is 0 Å². The molecule has 0 unspecified atom stereocenters. The number of nitrogens with one attached hydrogen (secondary N) is 1. The van der Waals surface area contributed by atoms with E-state index in [0.717, 1.165) is 18.4 Å². The molecule has 1 aromatic rings. The first kappa shape index (κ1) is 11.5. The van der Waals surface area contributed by atoms with Crippen molar-refractivity contribution in [2.75, 3.05) is 11.9 Å². The van der Waals surface area contributed by atoms with Gasteiger partial charge in [0.15, 0.2) is 0 Å². The first-order valence-electron chi connectivity index (χ1n) is 6.61. The average molecular weight is 221 g/mol. The van der Waals surface area contributed by atoms with Crippen LogP contribution in [-0.2, 0) is 0 Å². The number of anilines is 1. The average Bonchev–Trinajstić information content (AvgIpc) is 2.78. The topological polar surface area (TPSA) is 29.9 Å². The first-order valence-corrected chi connectivity index (χ1v) is 6.61. The molecule has 1 fully saturated rings. The van der Waals surface area contributed by atoms with Gasteiger partial charge in [-0.25, -0.2) is 4.98 Å². The van der Waals surface area contributed by atoms with Crippen molar-refractivity contribution in [2.45, 2.75) is 52.0 Å². The minimum atomic E-state index is 0.666. The molecule has 1 aliphatic rings. The van der Waals surface area contributed by atoms with Crippen LogP contribution in [0.1, 0.15) is 52.0 Å². The molecule has 0 atom stereocenters. The lowest BCUT2D eigenvalue weighted by Gasteiger charge is -2.29. The smallest absolute Gasteiger partial charge is 0.203 e. The van der Waals surface area contributed by atoms with Crippen molar-refractivity contribution in [3.05, 3.63) is 12.4 Å². The fourth-order valence-electron chi connectivity index (χ4n) is 2.73. The minimum Gasteiger partial charge on any atom is -0.356 e. The number of rotatable bonds is 4. The number of hydrogen-bond donors (Lipinski definition) is 1. The highest BCUT2D eigenvalue weighted by Gasteiger charge is 2.22. The molecule has 1 heterocycles. The maximum atomic E-state index is 4.37. The summed E-state index contributed by atoms with van der Waals surface area (Å²) in [4.78, 5) is 4.37. The summed E-state index contributed by atoms with van der Waals surface area (Å²) in [7, 11) is 0. The second-order valence-corrected chi connectivity index (χ2v) is 4.77. The monoisotopic (exact) mass is 221 g/mol. The molecule has 90 valence electrons. The molecule has 3 heteroatoms. The highest BCUT2D eigenvalue weighted by Crippen LogP contribution is 2.34. The minimum absolute atomic E-state index is 0.666. The predicted octanol–water partition coefficient (Wildman–Crippen LogP) is 3.46. The summed E-state index contributed by atoms with van der Waals surface area (Å²) in [5.74, 6) is 2.00. The molecule has 0 radical (unpaired) electrons. The van der Waals surface area contributed by atoms with E-state index in [4.69, 9.17) is 0 Å². The van der Waals surface area contributed by atoms with Crippen LogP contribution in [0.25, 0.3) is 0 Å². The third-order valence-corrected chi connectivity index (χ3v) is 3.79. The lowest BCUT2D eigenvalue weighted by Crippen LogP contribution is -2.19. The molecule has 0 aliphatic heterocycles. The van der Waals surface area contributed by atoms with Gasteiger partial charge in [0, 0.05) is 25.0 Å². The molecule has 0 amide bonds. The zero-order valence-electron chi connectivity index (χ0n) is 10.4. The van der Waals surface area contributed by atoms with Gasteiger partial charge in [0.1, 0.15) is 0 Å². The molecule has 0 spiro atoms. The SMILES string of the molecule is CCNc1nccn1C1CCC(CC)CC1. The fourth-order valence-corrected chi connectivity index (χ4v) is 2.73. The first-order chi connectivity index (χ1) is 7.85. The van der Waals surface area contributed by atoms with Crippen LogP contribution in [0.4, 0.5) is 5.95 Å². The molecular weight excluding hydrogens is 198 g/mol. The molecule has 0 saturated heterocycles. The Morgan fingerprint density at radius 3 is 2.69 bits per heavy atom. The van der Waals surface area contributed by atoms with Crippen LogP contribution in [0.15, 0.2) is 12.4 Å². The summed E-state index contributed by atoms with van der Waals surface area (Å²) in [6.07, 6.45) is 10.8. The van der Waals surface area contributed by atoms with Crippen molar-refractivity contribution in [2.24, 2.45) is 5.92 Å². The zero-order chi connectivity index (χ0) is 11.4. The van der Waals surface area contributed by atoms with Crippen molar-refractivity contribution in [3.8, 4) is 0 Å². The van der Waals surface area contributed by atoms with Crippen LogP contribution in [0.5, 0.6) is 0 Å². The van der Waals surface area contributed by atoms with Crippen molar-refractivity contribution in [1.82, 2.24) is 9.55 Å². The van der Waals surface area contributed by atoms with Crippen LogP contribution in [0.2, 0.25) is 0 Å². The van der Waals surface area contributed by atoms with Crippen molar-refractivity contribution in [1.29, 1.82) is 0 Å². The Balaban J connectivity index is 1.99. The summed E-state index contributed by atoms with van der Waals surface area (Å²) in [6, 6.07) is 0.666. The lowest BCUT2D eigenvalue weighted by atomic mass is 9.84. The quantitative estimate of drug-likeness (QED) is 0.844. The molecule has 2 rings (SSSR count). The number of aromatic nitrogens is 2. The normalized spacial score (nSPS) is 25.6. The third-order valence-electron chi connectivity index (χ3n) is 3.79. The second kappa shape index (κ2) is 5.37. The van der Waals surface area contributed by atoms with Gasteiger partial charge in [-0.1, -0.05) is 13.3 Å². The maximum Gasteiger partial charge on any atom is 0.203 e. The Labute approximate surface area is 98.3 Å². The van der Waals surface area contributed by atoms with E-state index in [0.29, 0.717) is 6.04 Å². The van der Waals surface area contributed by atoms with E-state index in [1.54, 1.807) is 0 Å². The molecule has 0 bridgehead atoms. The van der Waals surface area contributed by atoms with Gasteiger partial charge in [-0.3, -0.25) is 0 Å². The largest absolute Gasteiger partial charge is 0.356 e. The van der Waals surface area contributed by atoms with Gasteiger partial charge in [-0.05, 0) is 38.5 Å². The zero-order valence-corrected chi connectivity index (χ0v) is 10.4. The molecule has 1 aromatic heterocycles. The summed E-state index contributed by atoms with van der Waals surface area (Å²) < 4.78 is 2.33. The van der Waals surface area contributed by atoms with Crippen LogP contribution < -0.4 is 5.32 Å². The summed E-state index contributed by atoms with van der Waals surface area (Å²) >= 11 is 0. The highest BCUT2D eigenvalue weighted by molar-refractivity contribution is 5.26. The van der Waals surface area contributed by atoms with E-state index in [1.165, 1.54) is 32.1 Å². The van der Waals surface area contributed by atoms with Crippen molar-refractivity contribution in [3.63, 3.8) is 0 Å². The lowest BCUT2D eigenvalue weighted by molar-refractivity contribution is 0.271. The maximum absolute atomic E-state index is 4.37. The highest BCUT2D eigenvalue weighted by atomic mass is 15.2. The van der Waals surface area contributed by atoms with Crippen LogP contribution >= 0.6 is 0 Å². The number of imidazole rings is 1. The Hall–Kier alpha value is -0.990. The third kappa shape index (κ3) is 2.39. The Bertz CT molecular complexity index is 311. The number of nitrogens with zero attached hydrogens (tertiary/aromatic N) is 2. The van der Waals surface area contributed by atoms with Crippen molar-refractivity contribution < 1.29 is 0 Å². The van der Waals surface area contributed by atoms with Gasteiger partial charge >= 0.3 is 0 Å². The Kier molecular flexibility index (Phi) is 3.86. The Morgan fingerprint density at radius 2 is 2.06 bits per heavy atom. The van der Waals surface area contributed by atoms with Crippen LogP contribution in [-0.4, -0.2) is 16.1 Å². The van der Waals surface area contributed by atoms with E-state index in [9.17, 15) is 0 Å². The van der Waals surface area contributed by atoms with Gasteiger partial charge in [0.2, 0.25) is 5.95 Å². The molecule has 3 nitrogen and oxygen atoms in total. The van der Waals surface area contributed by atoms with Gasteiger partial charge < -0.3 is 9.88 Å². The second-order valence-electron chi connectivity index (χ2n) is 4.77. The summed E-state index contributed by atoms with van der Waals surface area (Å²) in [6.45, 7) is 5.38.